The van der Waals surface area contributed by atoms with Gasteiger partial charge in [-0.05, 0) is 36.9 Å². The SMILES string of the molecule is CC(C)[C@H](CCCC(=O)CP(=O)(O)O)O[Si](C)(C)C(C)(C)C. The van der Waals surface area contributed by atoms with Gasteiger partial charge >= 0.3 is 7.60 Å². The van der Waals surface area contributed by atoms with Crippen molar-refractivity contribution in [3.8, 4) is 0 Å². The second kappa shape index (κ2) is 8.20. The van der Waals surface area contributed by atoms with Crippen LogP contribution in [0, 0.1) is 5.92 Å². The fraction of sp³-hybridized carbons (Fsp3) is 0.933. The Morgan fingerprint density at radius 3 is 2.09 bits per heavy atom. The topological polar surface area (TPSA) is 83.8 Å². The Bertz CT molecular complexity index is 409. The van der Waals surface area contributed by atoms with Crippen LogP contribution >= 0.6 is 7.60 Å². The van der Waals surface area contributed by atoms with Crippen molar-refractivity contribution < 1.29 is 23.6 Å². The standard InChI is InChI=1S/C15H33O5PSi/c1-12(2)14(20-22(6,7)15(3,4)5)10-8-9-13(16)11-21(17,18)19/h12,14H,8-11H2,1-7H3,(H2,17,18,19)/t14-/m0/s1. The summed E-state index contributed by atoms with van der Waals surface area (Å²) in [5.41, 5.74) is 0. The lowest BCUT2D eigenvalue weighted by atomic mass is 10.0. The molecule has 0 saturated carbocycles. The number of carbonyl (C=O) groups excluding carboxylic acids is 1. The summed E-state index contributed by atoms with van der Waals surface area (Å²) in [6.07, 6.45) is 0.995. The van der Waals surface area contributed by atoms with Crippen LogP contribution in [0.4, 0.5) is 0 Å². The molecular formula is C15H33O5PSi. The summed E-state index contributed by atoms with van der Waals surface area (Å²) >= 11 is 0. The van der Waals surface area contributed by atoms with E-state index >= 15 is 0 Å². The molecule has 0 amide bonds. The lowest BCUT2D eigenvalue weighted by Crippen LogP contribution is -2.45. The maximum Gasteiger partial charge on any atom is 0.332 e. The molecule has 0 aromatic rings. The van der Waals surface area contributed by atoms with E-state index in [2.05, 4.69) is 47.7 Å². The molecule has 0 heterocycles. The molecule has 22 heavy (non-hydrogen) atoms. The molecule has 0 fully saturated rings. The minimum Gasteiger partial charge on any atom is -0.414 e. The predicted octanol–water partition coefficient (Wildman–Crippen LogP) is 3.95. The van der Waals surface area contributed by atoms with Crippen LogP contribution in [-0.4, -0.2) is 36.2 Å². The van der Waals surface area contributed by atoms with Crippen molar-refractivity contribution in [2.75, 3.05) is 6.16 Å². The Hall–Kier alpha value is -0.00312. The van der Waals surface area contributed by atoms with Crippen LogP contribution in [0.5, 0.6) is 0 Å². The lowest BCUT2D eigenvalue weighted by molar-refractivity contribution is -0.117. The van der Waals surface area contributed by atoms with Crippen molar-refractivity contribution in [2.24, 2.45) is 5.92 Å². The van der Waals surface area contributed by atoms with E-state index in [9.17, 15) is 9.36 Å². The molecule has 0 aliphatic heterocycles. The summed E-state index contributed by atoms with van der Waals surface area (Å²) < 4.78 is 17.2. The van der Waals surface area contributed by atoms with Crippen LogP contribution in [0.3, 0.4) is 0 Å². The van der Waals surface area contributed by atoms with Gasteiger partial charge in [0.05, 0.1) is 0 Å². The Labute approximate surface area is 136 Å². The molecule has 0 saturated heterocycles. The van der Waals surface area contributed by atoms with Gasteiger partial charge in [-0.2, -0.15) is 0 Å². The van der Waals surface area contributed by atoms with E-state index in [1.54, 1.807) is 0 Å². The monoisotopic (exact) mass is 352 g/mol. The van der Waals surface area contributed by atoms with Crippen molar-refractivity contribution in [3.63, 3.8) is 0 Å². The largest absolute Gasteiger partial charge is 0.414 e. The van der Waals surface area contributed by atoms with Crippen LogP contribution in [0.2, 0.25) is 18.1 Å². The molecule has 0 aliphatic rings. The van der Waals surface area contributed by atoms with Crippen LogP contribution in [0.1, 0.15) is 53.9 Å². The smallest absolute Gasteiger partial charge is 0.332 e. The zero-order chi connectivity index (χ0) is 17.8. The first-order chi connectivity index (χ1) is 9.66. The summed E-state index contributed by atoms with van der Waals surface area (Å²) in [6.45, 7) is 15.2. The molecule has 132 valence electrons. The van der Waals surface area contributed by atoms with Gasteiger partial charge in [0.25, 0.3) is 0 Å². The fourth-order valence-electron chi connectivity index (χ4n) is 1.89. The molecule has 0 spiro atoms. The second-order valence-electron chi connectivity index (χ2n) is 7.91. The zero-order valence-electron chi connectivity index (χ0n) is 15.0. The van der Waals surface area contributed by atoms with Gasteiger partial charge in [0.1, 0.15) is 11.9 Å². The molecule has 1 atom stereocenters. The molecule has 0 unspecified atom stereocenters. The average Bonchev–Trinajstić information content (AvgIpc) is 2.22. The van der Waals surface area contributed by atoms with Crippen LogP contribution in [-0.2, 0) is 13.8 Å². The van der Waals surface area contributed by atoms with Gasteiger partial charge < -0.3 is 14.2 Å². The Kier molecular flexibility index (Phi) is 8.20. The third-order valence-electron chi connectivity index (χ3n) is 4.32. The molecule has 0 aliphatic carbocycles. The van der Waals surface area contributed by atoms with E-state index in [0.717, 1.165) is 6.42 Å². The van der Waals surface area contributed by atoms with E-state index in [0.29, 0.717) is 12.3 Å². The first-order valence-corrected chi connectivity index (χ1v) is 12.6. The second-order valence-corrected chi connectivity index (χ2v) is 14.3. The number of ketones is 1. The molecule has 0 bridgehead atoms. The van der Waals surface area contributed by atoms with E-state index in [4.69, 9.17) is 14.2 Å². The predicted molar refractivity (Wildman–Crippen MR) is 92.7 cm³/mol. The minimum atomic E-state index is -4.23. The number of rotatable bonds is 9. The van der Waals surface area contributed by atoms with Crippen molar-refractivity contribution >= 4 is 21.7 Å². The Morgan fingerprint density at radius 1 is 1.23 bits per heavy atom. The first kappa shape index (κ1) is 22.0. The molecule has 0 rings (SSSR count). The van der Waals surface area contributed by atoms with Crippen LogP contribution in [0.15, 0.2) is 0 Å². The van der Waals surface area contributed by atoms with Gasteiger partial charge in [0, 0.05) is 12.5 Å². The van der Waals surface area contributed by atoms with Gasteiger partial charge in [-0.25, -0.2) is 0 Å². The third kappa shape index (κ3) is 8.58. The van der Waals surface area contributed by atoms with Gasteiger partial charge in [-0.3, -0.25) is 9.36 Å². The van der Waals surface area contributed by atoms with Gasteiger partial charge in [-0.1, -0.05) is 34.6 Å². The zero-order valence-corrected chi connectivity index (χ0v) is 16.9. The summed E-state index contributed by atoms with van der Waals surface area (Å²) in [7, 11) is -6.09. The van der Waals surface area contributed by atoms with Gasteiger partial charge in [0.15, 0.2) is 8.32 Å². The van der Waals surface area contributed by atoms with Crippen molar-refractivity contribution in [1.29, 1.82) is 0 Å². The summed E-state index contributed by atoms with van der Waals surface area (Å²) in [5, 5.41) is 0.135. The fourth-order valence-corrected chi connectivity index (χ4v) is 4.01. The van der Waals surface area contributed by atoms with Crippen LogP contribution < -0.4 is 0 Å². The average molecular weight is 352 g/mol. The van der Waals surface area contributed by atoms with Crippen molar-refractivity contribution in [2.45, 2.75) is 78.1 Å². The maximum absolute atomic E-state index is 11.5. The molecule has 0 aromatic carbocycles. The lowest BCUT2D eigenvalue weighted by Gasteiger charge is -2.40. The van der Waals surface area contributed by atoms with Crippen LogP contribution in [0.25, 0.3) is 0 Å². The summed E-state index contributed by atoms with van der Waals surface area (Å²) in [6, 6.07) is 0. The third-order valence-corrected chi connectivity index (χ3v) is 9.59. The highest BCUT2D eigenvalue weighted by Gasteiger charge is 2.39. The maximum atomic E-state index is 11.5. The Morgan fingerprint density at radius 2 is 1.73 bits per heavy atom. The molecule has 7 heteroatoms. The highest BCUT2D eigenvalue weighted by molar-refractivity contribution is 7.52. The summed E-state index contributed by atoms with van der Waals surface area (Å²) in [4.78, 5) is 29.1. The minimum absolute atomic E-state index is 0.0868. The van der Waals surface area contributed by atoms with Gasteiger partial charge in [-0.15, -0.1) is 0 Å². The number of carbonyl (C=O) groups is 1. The first-order valence-electron chi connectivity index (χ1n) is 7.90. The van der Waals surface area contributed by atoms with E-state index < -0.39 is 22.1 Å². The quantitative estimate of drug-likeness (QED) is 0.485. The molecule has 0 aromatic heterocycles. The van der Waals surface area contributed by atoms with Crippen molar-refractivity contribution in [1.82, 2.24) is 0 Å². The molecular weight excluding hydrogens is 319 g/mol. The molecule has 0 radical (unpaired) electrons. The molecule has 2 N–H and O–H groups in total. The normalized spacial score (nSPS) is 15.2. The summed E-state index contributed by atoms with van der Waals surface area (Å²) in [5.74, 6) is -0.0193. The highest BCUT2D eigenvalue weighted by atomic mass is 31.2. The Balaban J connectivity index is 4.51. The van der Waals surface area contributed by atoms with Crippen molar-refractivity contribution in [3.05, 3.63) is 0 Å². The van der Waals surface area contributed by atoms with E-state index in [-0.39, 0.29) is 23.3 Å². The van der Waals surface area contributed by atoms with E-state index in [1.807, 2.05) is 0 Å². The number of Topliss-reactive ketones (excluding diaryl/α,β-unsaturated/α-hetero) is 1. The van der Waals surface area contributed by atoms with Gasteiger partial charge in [0.2, 0.25) is 0 Å². The number of hydrogen-bond acceptors (Lipinski definition) is 3. The highest BCUT2D eigenvalue weighted by Crippen LogP contribution is 2.39. The molecule has 5 nitrogen and oxygen atoms in total. The van der Waals surface area contributed by atoms with E-state index in [1.165, 1.54) is 0 Å². The number of hydrogen-bond donors (Lipinski definition) is 2.